The Morgan fingerprint density at radius 3 is 2.24 bits per heavy atom. The molecule has 17 heavy (non-hydrogen) atoms. The Kier molecular flexibility index (Phi) is 3.98. The predicted octanol–water partition coefficient (Wildman–Crippen LogP) is 4.44. The second-order valence-electron chi connectivity index (χ2n) is 5.45. The SMILES string of the molecule is CCC1(C)CCN(c2ccc(CCl)cc2)CC1. The summed E-state index contributed by atoms with van der Waals surface area (Å²) in [6.45, 7) is 7.10. The molecule has 0 radical (unpaired) electrons. The summed E-state index contributed by atoms with van der Waals surface area (Å²) in [5, 5.41) is 0. The highest BCUT2D eigenvalue weighted by Crippen LogP contribution is 2.35. The lowest BCUT2D eigenvalue weighted by molar-refractivity contribution is 0.238. The number of benzene rings is 1. The van der Waals surface area contributed by atoms with E-state index in [1.165, 1.54) is 43.6 Å². The Balaban J connectivity index is 2.00. The molecule has 0 aromatic heterocycles. The van der Waals surface area contributed by atoms with Crippen LogP contribution in [-0.2, 0) is 5.88 Å². The first kappa shape index (κ1) is 12.8. The number of alkyl halides is 1. The lowest BCUT2D eigenvalue weighted by Crippen LogP contribution is -2.38. The normalized spacial score (nSPS) is 19.4. The number of halogens is 1. The van der Waals surface area contributed by atoms with Crippen LogP contribution in [0, 0.1) is 5.41 Å². The van der Waals surface area contributed by atoms with Crippen LogP contribution in [0.5, 0.6) is 0 Å². The number of nitrogens with zero attached hydrogens (tertiary/aromatic N) is 1. The van der Waals surface area contributed by atoms with Gasteiger partial charge in [-0.05, 0) is 36.0 Å². The van der Waals surface area contributed by atoms with Crippen LogP contribution >= 0.6 is 11.6 Å². The van der Waals surface area contributed by atoms with Crippen LogP contribution in [0.4, 0.5) is 5.69 Å². The van der Waals surface area contributed by atoms with Gasteiger partial charge in [0.1, 0.15) is 0 Å². The maximum absolute atomic E-state index is 5.81. The average molecular weight is 252 g/mol. The second kappa shape index (κ2) is 5.30. The molecule has 0 amide bonds. The Labute approximate surface area is 110 Å². The molecule has 1 aliphatic heterocycles. The van der Waals surface area contributed by atoms with Gasteiger partial charge < -0.3 is 4.90 Å². The third-order valence-electron chi connectivity index (χ3n) is 4.28. The lowest BCUT2D eigenvalue weighted by atomic mass is 9.78. The van der Waals surface area contributed by atoms with Gasteiger partial charge in [-0.15, -0.1) is 11.6 Å². The summed E-state index contributed by atoms with van der Waals surface area (Å²) in [6.07, 6.45) is 3.91. The summed E-state index contributed by atoms with van der Waals surface area (Å²) < 4.78 is 0. The van der Waals surface area contributed by atoms with Crippen molar-refractivity contribution in [2.24, 2.45) is 5.41 Å². The van der Waals surface area contributed by atoms with Crippen molar-refractivity contribution in [2.45, 2.75) is 39.0 Å². The minimum Gasteiger partial charge on any atom is -0.371 e. The van der Waals surface area contributed by atoms with Crippen LogP contribution in [-0.4, -0.2) is 13.1 Å². The molecule has 0 aliphatic carbocycles. The standard InChI is InChI=1S/C15H22ClN/c1-3-15(2)8-10-17(11-9-15)14-6-4-13(12-16)5-7-14/h4-7H,3,8-12H2,1-2H3. The van der Waals surface area contributed by atoms with Gasteiger partial charge >= 0.3 is 0 Å². The molecule has 0 spiro atoms. The van der Waals surface area contributed by atoms with Gasteiger partial charge in [-0.2, -0.15) is 0 Å². The maximum Gasteiger partial charge on any atom is 0.0474 e. The molecule has 0 bridgehead atoms. The fourth-order valence-electron chi connectivity index (χ4n) is 2.45. The van der Waals surface area contributed by atoms with E-state index >= 15 is 0 Å². The van der Waals surface area contributed by atoms with Crippen molar-refractivity contribution in [3.05, 3.63) is 29.8 Å². The van der Waals surface area contributed by atoms with Crippen LogP contribution < -0.4 is 4.90 Å². The molecule has 1 saturated heterocycles. The van der Waals surface area contributed by atoms with Crippen molar-refractivity contribution in [1.29, 1.82) is 0 Å². The zero-order chi connectivity index (χ0) is 12.3. The molecule has 1 aromatic carbocycles. The van der Waals surface area contributed by atoms with E-state index in [-0.39, 0.29) is 0 Å². The smallest absolute Gasteiger partial charge is 0.0474 e. The Hall–Kier alpha value is -0.690. The molecule has 1 nitrogen and oxygen atoms in total. The number of rotatable bonds is 3. The quantitative estimate of drug-likeness (QED) is 0.718. The zero-order valence-corrected chi connectivity index (χ0v) is 11.6. The molecule has 0 saturated carbocycles. The Bertz CT molecular complexity index is 350. The first-order valence-corrected chi connectivity index (χ1v) is 7.10. The molecule has 0 atom stereocenters. The summed E-state index contributed by atoms with van der Waals surface area (Å²) in [4.78, 5) is 2.50. The first-order chi connectivity index (χ1) is 8.17. The van der Waals surface area contributed by atoms with Gasteiger partial charge in [0, 0.05) is 24.7 Å². The van der Waals surface area contributed by atoms with Crippen LogP contribution in [0.25, 0.3) is 0 Å². The van der Waals surface area contributed by atoms with E-state index in [9.17, 15) is 0 Å². The molecule has 2 heteroatoms. The number of hydrogen-bond donors (Lipinski definition) is 0. The molecular weight excluding hydrogens is 230 g/mol. The van der Waals surface area contributed by atoms with Crippen LogP contribution in [0.1, 0.15) is 38.7 Å². The fourth-order valence-corrected chi connectivity index (χ4v) is 2.63. The summed E-state index contributed by atoms with van der Waals surface area (Å²) in [6, 6.07) is 8.67. The van der Waals surface area contributed by atoms with Crippen LogP contribution in [0.15, 0.2) is 24.3 Å². The van der Waals surface area contributed by atoms with Gasteiger partial charge in [-0.1, -0.05) is 32.4 Å². The van der Waals surface area contributed by atoms with Crippen molar-refractivity contribution in [3.8, 4) is 0 Å². The highest BCUT2D eigenvalue weighted by molar-refractivity contribution is 6.17. The van der Waals surface area contributed by atoms with E-state index in [1.807, 2.05) is 0 Å². The highest BCUT2D eigenvalue weighted by Gasteiger charge is 2.28. The van der Waals surface area contributed by atoms with Crippen molar-refractivity contribution < 1.29 is 0 Å². The predicted molar refractivity (Wildman–Crippen MR) is 75.8 cm³/mol. The molecule has 0 unspecified atom stereocenters. The molecule has 1 aromatic rings. The molecule has 1 aliphatic rings. The average Bonchev–Trinajstić information content (AvgIpc) is 2.40. The third kappa shape index (κ3) is 2.95. The Morgan fingerprint density at radius 1 is 1.18 bits per heavy atom. The number of piperidine rings is 1. The monoisotopic (exact) mass is 251 g/mol. The summed E-state index contributed by atoms with van der Waals surface area (Å²) in [5.74, 6) is 0.605. The van der Waals surface area contributed by atoms with Crippen molar-refractivity contribution >= 4 is 17.3 Å². The van der Waals surface area contributed by atoms with Crippen molar-refractivity contribution in [3.63, 3.8) is 0 Å². The summed E-state index contributed by atoms with van der Waals surface area (Å²) in [5.41, 5.74) is 3.11. The largest absolute Gasteiger partial charge is 0.371 e. The van der Waals surface area contributed by atoms with E-state index in [0.29, 0.717) is 11.3 Å². The van der Waals surface area contributed by atoms with Gasteiger partial charge in [0.2, 0.25) is 0 Å². The van der Waals surface area contributed by atoms with Gasteiger partial charge in [0.25, 0.3) is 0 Å². The number of anilines is 1. The molecule has 2 rings (SSSR count). The minimum absolute atomic E-state index is 0.562. The van der Waals surface area contributed by atoms with Gasteiger partial charge in [0.05, 0.1) is 0 Å². The molecular formula is C15H22ClN. The van der Waals surface area contributed by atoms with E-state index in [2.05, 4.69) is 43.0 Å². The van der Waals surface area contributed by atoms with E-state index < -0.39 is 0 Å². The summed E-state index contributed by atoms with van der Waals surface area (Å²) >= 11 is 5.81. The topological polar surface area (TPSA) is 3.24 Å². The molecule has 0 N–H and O–H groups in total. The second-order valence-corrected chi connectivity index (χ2v) is 5.72. The van der Waals surface area contributed by atoms with Crippen molar-refractivity contribution in [2.75, 3.05) is 18.0 Å². The Morgan fingerprint density at radius 2 is 1.76 bits per heavy atom. The molecule has 1 heterocycles. The third-order valence-corrected chi connectivity index (χ3v) is 4.59. The van der Waals surface area contributed by atoms with Crippen LogP contribution in [0.2, 0.25) is 0 Å². The zero-order valence-electron chi connectivity index (χ0n) is 10.9. The minimum atomic E-state index is 0.562. The number of hydrogen-bond acceptors (Lipinski definition) is 1. The fraction of sp³-hybridized carbons (Fsp3) is 0.600. The van der Waals surface area contributed by atoms with Gasteiger partial charge in [-0.3, -0.25) is 0 Å². The first-order valence-electron chi connectivity index (χ1n) is 6.57. The van der Waals surface area contributed by atoms with E-state index in [1.54, 1.807) is 0 Å². The van der Waals surface area contributed by atoms with Crippen LogP contribution in [0.3, 0.4) is 0 Å². The van der Waals surface area contributed by atoms with Gasteiger partial charge in [-0.25, -0.2) is 0 Å². The van der Waals surface area contributed by atoms with E-state index in [0.717, 1.165) is 0 Å². The van der Waals surface area contributed by atoms with Crippen molar-refractivity contribution in [1.82, 2.24) is 0 Å². The van der Waals surface area contributed by atoms with E-state index in [4.69, 9.17) is 11.6 Å². The lowest BCUT2D eigenvalue weighted by Gasteiger charge is -2.40. The highest BCUT2D eigenvalue weighted by atomic mass is 35.5. The van der Waals surface area contributed by atoms with Gasteiger partial charge in [0.15, 0.2) is 0 Å². The molecule has 1 fully saturated rings. The summed E-state index contributed by atoms with van der Waals surface area (Å²) in [7, 11) is 0. The molecule has 94 valence electrons. The maximum atomic E-state index is 5.81.